The molecule has 0 saturated carbocycles. The first kappa shape index (κ1) is 41.8. The van der Waals surface area contributed by atoms with Crippen LogP contribution in [0.2, 0.25) is 0 Å². The van der Waals surface area contributed by atoms with Gasteiger partial charge in [-0.15, -0.1) is 0 Å². The minimum absolute atomic E-state index is 0.0239. The lowest BCUT2D eigenvalue weighted by Gasteiger charge is -2.38. The van der Waals surface area contributed by atoms with Crippen LogP contribution in [0.3, 0.4) is 0 Å². The highest BCUT2D eigenvalue weighted by atomic mass is 32.2. The van der Waals surface area contributed by atoms with E-state index in [0.717, 1.165) is 49.7 Å². The molecular formula is C41H63NO10S. The molecule has 11 nitrogen and oxygen atoms in total. The SMILES string of the molecule is C=C1C[C@H](CCCO)OC1CC[C@H]1C[C@@H](C)C(=C)[C@@H](CC2OC(C[C@H]3CN(C(=O)OC(C)(C)C)C(C)(C)O3)[C@H](OC)[C@H]2CS(=O)(=O)c2ccccc2)O1. The van der Waals surface area contributed by atoms with Crippen LogP contribution in [-0.4, -0.2) is 111 Å². The summed E-state index contributed by atoms with van der Waals surface area (Å²) in [6.07, 6.45) is 2.98. The van der Waals surface area contributed by atoms with E-state index in [1.165, 1.54) is 0 Å². The summed E-state index contributed by atoms with van der Waals surface area (Å²) in [5, 5.41) is 9.24. The summed E-state index contributed by atoms with van der Waals surface area (Å²) in [5.74, 6) is -0.447. The third kappa shape index (κ3) is 10.5. The molecule has 4 saturated heterocycles. The summed E-state index contributed by atoms with van der Waals surface area (Å²) in [6.45, 7) is 20.5. The summed E-state index contributed by atoms with van der Waals surface area (Å²) < 4.78 is 65.7. The number of aliphatic hydroxyl groups excluding tert-OH is 1. The Morgan fingerprint density at radius 1 is 0.981 bits per heavy atom. The predicted octanol–water partition coefficient (Wildman–Crippen LogP) is 6.63. The van der Waals surface area contributed by atoms with E-state index in [4.69, 9.17) is 28.4 Å². The number of hydrogen-bond acceptors (Lipinski definition) is 10. The Morgan fingerprint density at radius 3 is 2.34 bits per heavy atom. The Morgan fingerprint density at radius 2 is 1.68 bits per heavy atom. The smallest absolute Gasteiger partial charge is 0.412 e. The molecule has 10 atom stereocenters. The Balaban J connectivity index is 1.31. The number of nitrogens with zero attached hydrogens (tertiary/aromatic N) is 1. The van der Waals surface area contributed by atoms with Gasteiger partial charge in [-0.3, -0.25) is 4.90 Å². The minimum Gasteiger partial charge on any atom is -0.444 e. The number of rotatable bonds is 14. The van der Waals surface area contributed by atoms with Gasteiger partial charge in [-0.25, -0.2) is 13.2 Å². The van der Waals surface area contributed by atoms with Crippen molar-refractivity contribution in [2.75, 3.05) is 26.0 Å². The molecule has 12 heteroatoms. The lowest BCUT2D eigenvalue weighted by atomic mass is 9.83. The first-order chi connectivity index (χ1) is 24.9. The average molecular weight is 762 g/mol. The topological polar surface area (TPSA) is 130 Å². The van der Waals surface area contributed by atoms with Crippen LogP contribution in [0.25, 0.3) is 0 Å². The summed E-state index contributed by atoms with van der Waals surface area (Å²) in [5.41, 5.74) is 0.515. The minimum atomic E-state index is -3.70. The lowest BCUT2D eigenvalue weighted by Crippen LogP contribution is -2.46. The van der Waals surface area contributed by atoms with E-state index in [1.807, 2.05) is 34.6 Å². The second-order valence-corrected chi connectivity index (χ2v) is 19.0. The highest BCUT2D eigenvalue weighted by Gasteiger charge is 2.51. The Hall–Kier alpha value is -2.32. The van der Waals surface area contributed by atoms with Crippen molar-refractivity contribution in [1.82, 2.24) is 4.90 Å². The van der Waals surface area contributed by atoms with Crippen molar-refractivity contribution in [2.24, 2.45) is 11.8 Å². The molecule has 0 aromatic heterocycles. The number of ether oxygens (including phenoxy) is 6. The van der Waals surface area contributed by atoms with Gasteiger partial charge in [-0.05, 0) is 102 Å². The van der Waals surface area contributed by atoms with Gasteiger partial charge in [-0.1, -0.05) is 38.3 Å². The molecule has 1 amide bonds. The molecule has 5 rings (SSSR count). The molecular weight excluding hydrogens is 699 g/mol. The van der Waals surface area contributed by atoms with Crippen molar-refractivity contribution >= 4 is 15.9 Å². The van der Waals surface area contributed by atoms with Gasteiger partial charge in [0.25, 0.3) is 0 Å². The van der Waals surface area contributed by atoms with Gasteiger partial charge in [-0.2, -0.15) is 0 Å². The number of benzene rings is 1. The molecule has 0 radical (unpaired) electrons. The van der Waals surface area contributed by atoms with Crippen molar-refractivity contribution < 1.29 is 46.7 Å². The molecule has 4 heterocycles. The summed E-state index contributed by atoms with van der Waals surface area (Å²) in [7, 11) is -2.10. The van der Waals surface area contributed by atoms with Gasteiger partial charge in [0.15, 0.2) is 9.84 Å². The van der Waals surface area contributed by atoms with Gasteiger partial charge >= 0.3 is 6.09 Å². The van der Waals surface area contributed by atoms with E-state index in [0.29, 0.717) is 19.4 Å². The number of amides is 1. The van der Waals surface area contributed by atoms with Gasteiger partial charge < -0.3 is 33.5 Å². The quantitative estimate of drug-likeness (QED) is 0.206. The summed E-state index contributed by atoms with van der Waals surface area (Å²) in [6, 6.07) is 8.49. The van der Waals surface area contributed by atoms with Crippen molar-refractivity contribution in [3.8, 4) is 0 Å². The Kier molecular flexibility index (Phi) is 13.6. The zero-order valence-corrected chi connectivity index (χ0v) is 33.6. The zero-order valence-electron chi connectivity index (χ0n) is 32.8. The van der Waals surface area contributed by atoms with Crippen LogP contribution in [0.1, 0.15) is 92.9 Å². The van der Waals surface area contributed by atoms with E-state index < -0.39 is 51.5 Å². The van der Waals surface area contributed by atoms with Crippen LogP contribution in [0, 0.1) is 11.8 Å². The number of carbonyl (C=O) groups excluding carboxylic acids is 1. The van der Waals surface area contributed by atoms with Crippen LogP contribution in [0.5, 0.6) is 0 Å². The molecule has 53 heavy (non-hydrogen) atoms. The van der Waals surface area contributed by atoms with Crippen molar-refractivity contribution in [1.29, 1.82) is 0 Å². The van der Waals surface area contributed by atoms with Crippen molar-refractivity contribution in [3.63, 3.8) is 0 Å². The normalized spacial score (nSPS) is 33.5. The fourth-order valence-electron chi connectivity index (χ4n) is 8.48. The number of sulfone groups is 1. The first-order valence-corrected chi connectivity index (χ1v) is 21.0. The maximum absolute atomic E-state index is 13.9. The molecule has 0 spiro atoms. The summed E-state index contributed by atoms with van der Waals surface area (Å²) >= 11 is 0. The maximum Gasteiger partial charge on any atom is 0.412 e. The Bertz CT molecular complexity index is 1520. The van der Waals surface area contributed by atoms with Crippen LogP contribution in [0.4, 0.5) is 4.79 Å². The Labute approximate surface area is 317 Å². The molecule has 3 unspecified atom stereocenters. The van der Waals surface area contributed by atoms with Gasteiger partial charge in [0.05, 0.1) is 66.0 Å². The third-order valence-electron chi connectivity index (χ3n) is 11.2. The highest BCUT2D eigenvalue weighted by Crippen LogP contribution is 2.42. The number of carbonyl (C=O) groups is 1. The van der Waals surface area contributed by atoms with E-state index in [-0.39, 0.29) is 53.7 Å². The molecule has 0 bridgehead atoms. The second-order valence-electron chi connectivity index (χ2n) is 16.9. The fraction of sp³-hybridized carbons (Fsp3) is 0.732. The van der Waals surface area contributed by atoms with E-state index >= 15 is 0 Å². The predicted molar refractivity (Wildman–Crippen MR) is 202 cm³/mol. The third-order valence-corrected chi connectivity index (χ3v) is 13.0. The zero-order chi connectivity index (χ0) is 38.7. The standard InChI is InChI=1S/C41H63NO10S/c1-26-20-30(17-18-34-27(2)21-29(48-34)14-13-19-43)49-35(28(26)3)23-36-33(25-53(45,46)32-15-11-10-12-16-32)38(47-9)37(50-36)22-31-24-42(41(7,8)51-31)39(44)52-40(4,5)6/h10-12,15-16,26,29-31,33-38,43H,2-3,13-14,17-25H2,1,4-9H3/t26-,29+,30+,31+,33+,34?,35-,36?,37?,38-/m1/s1. The number of aliphatic hydroxyl groups is 1. The fourth-order valence-corrected chi connectivity index (χ4v) is 10.2. The van der Waals surface area contributed by atoms with Crippen LogP contribution < -0.4 is 0 Å². The lowest BCUT2D eigenvalue weighted by molar-refractivity contribution is -0.0992. The number of methoxy groups -OCH3 is 1. The molecule has 4 fully saturated rings. The van der Waals surface area contributed by atoms with Crippen molar-refractivity contribution in [3.05, 3.63) is 54.6 Å². The highest BCUT2D eigenvalue weighted by molar-refractivity contribution is 7.91. The molecule has 4 aliphatic heterocycles. The number of hydrogen-bond donors (Lipinski definition) is 1. The van der Waals surface area contributed by atoms with Gasteiger partial charge in [0.1, 0.15) is 11.3 Å². The van der Waals surface area contributed by atoms with Crippen molar-refractivity contribution in [2.45, 2.75) is 158 Å². The van der Waals surface area contributed by atoms with Crippen LogP contribution in [-0.2, 0) is 38.3 Å². The molecule has 4 aliphatic rings. The molecule has 1 N–H and O–H groups in total. The molecule has 298 valence electrons. The van der Waals surface area contributed by atoms with Crippen LogP contribution in [0.15, 0.2) is 59.5 Å². The largest absolute Gasteiger partial charge is 0.444 e. The van der Waals surface area contributed by atoms with E-state index in [2.05, 4.69) is 20.1 Å². The molecule has 1 aromatic rings. The monoisotopic (exact) mass is 761 g/mol. The molecule has 0 aliphatic carbocycles. The van der Waals surface area contributed by atoms with Crippen LogP contribution >= 0.6 is 0 Å². The molecule has 1 aromatic carbocycles. The maximum atomic E-state index is 13.9. The van der Waals surface area contributed by atoms with E-state index in [9.17, 15) is 18.3 Å². The van der Waals surface area contributed by atoms with Gasteiger partial charge in [0.2, 0.25) is 0 Å². The first-order valence-electron chi connectivity index (χ1n) is 19.3. The van der Waals surface area contributed by atoms with E-state index in [1.54, 1.807) is 42.3 Å². The average Bonchev–Trinajstić information content (AvgIpc) is 3.70. The summed E-state index contributed by atoms with van der Waals surface area (Å²) in [4.78, 5) is 15.0. The van der Waals surface area contributed by atoms with Gasteiger partial charge in [0, 0.05) is 32.5 Å². The second kappa shape index (κ2) is 17.2.